The number of rotatable bonds is 7. The van der Waals surface area contributed by atoms with E-state index in [9.17, 15) is 0 Å². The molecule has 0 unspecified atom stereocenters. The van der Waals surface area contributed by atoms with Gasteiger partial charge in [-0.15, -0.1) is 11.3 Å². The average Bonchev–Trinajstić information content (AvgIpc) is 3.67. The highest BCUT2D eigenvalue weighted by Crippen LogP contribution is 2.37. The highest BCUT2D eigenvalue weighted by Gasteiger charge is 2.28. The summed E-state index contributed by atoms with van der Waals surface area (Å²) >= 11 is 1.56. The van der Waals surface area contributed by atoms with Crippen LogP contribution in [0.2, 0.25) is 0 Å². The van der Waals surface area contributed by atoms with Crippen LogP contribution in [0.5, 0.6) is 11.5 Å². The first-order chi connectivity index (χ1) is 19.1. The largest absolute Gasteiger partial charge is 0.497 e. The van der Waals surface area contributed by atoms with Gasteiger partial charge in [0.1, 0.15) is 11.5 Å². The zero-order chi connectivity index (χ0) is 26.5. The molecule has 9 heteroatoms. The fourth-order valence-electron chi connectivity index (χ4n) is 6.06. The molecule has 0 radical (unpaired) electrons. The van der Waals surface area contributed by atoms with Crippen LogP contribution in [0.25, 0.3) is 21.8 Å². The second-order valence-corrected chi connectivity index (χ2v) is 11.2. The van der Waals surface area contributed by atoms with E-state index in [1.165, 1.54) is 21.9 Å². The van der Waals surface area contributed by atoms with Crippen molar-refractivity contribution in [3.63, 3.8) is 0 Å². The average molecular weight is 539 g/mol. The van der Waals surface area contributed by atoms with Crippen molar-refractivity contribution in [2.45, 2.75) is 31.6 Å². The molecule has 0 amide bonds. The minimum absolute atomic E-state index is 0.149. The first-order valence-electron chi connectivity index (χ1n) is 13.3. The van der Waals surface area contributed by atoms with Gasteiger partial charge in [0.05, 0.1) is 37.0 Å². The predicted molar refractivity (Wildman–Crippen MR) is 158 cm³/mol. The van der Waals surface area contributed by atoms with E-state index in [-0.39, 0.29) is 5.92 Å². The van der Waals surface area contributed by atoms with Crippen molar-refractivity contribution in [2.24, 2.45) is 9.98 Å². The number of anilines is 1. The Bertz CT molecular complexity index is 1660. The number of fused-ring (bicyclic) bond motifs is 6. The lowest BCUT2D eigenvalue weighted by Crippen LogP contribution is -2.20. The molecule has 0 saturated heterocycles. The number of nitrogens with one attached hydrogen (secondary N) is 2. The lowest BCUT2D eigenvalue weighted by Gasteiger charge is -2.22. The van der Waals surface area contributed by atoms with Gasteiger partial charge in [-0.2, -0.15) is 0 Å². The molecule has 39 heavy (non-hydrogen) atoms. The van der Waals surface area contributed by atoms with Crippen LogP contribution in [0.3, 0.4) is 0 Å². The fourth-order valence-corrected chi connectivity index (χ4v) is 6.85. The van der Waals surface area contributed by atoms with Crippen LogP contribution >= 0.6 is 11.3 Å². The van der Waals surface area contributed by atoms with Crippen molar-refractivity contribution in [1.82, 2.24) is 15.0 Å². The molecule has 0 aliphatic carbocycles. The van der Waals surface area contributed by atoms with Crippen molar-refractivity contribution in [2.75, 3.05) is 33.0 Å². The van der Waals surface area contributed by atoms with Gasteiger partial charge in [-0.1, -0.05) is 0 Å². The van der Waals surface area contributed by atoms with E-state index in [4.69, 9.17) is 25.2 Å². The number of aromatic amines is 2. The summed E-state index contributed by atoms with van der Waals surface area (Å²) in [6.45, 7) is 1.57. The molecule has 0 spiro atoms. The quantitative estimate of drug-likeness (QED) is 0.248. The van der Waals surface area contributed by atoms with E-state index in [0.717, 1.165) is 89.0 Å². The standard InChI is InChI=1S/C30H30N6O2S/c1-37-17-3-5-19-21-7-9-32-25(28(21)35-23(19)13-17)11-16(27-15-34-30(31)39-27)12-26-29-22(8-10-33-26)20-6-4-18(38-2)14-24(20)36-29/h3-6,13-16,35-36H,7-12H2,1-2H3,(H2,31,34). The minimum Gasteiger partial charge on any atom is -0.497 e. The number of H-pyrrole nitrogens is 2. The summed E-state index contributed by atoms with van der Waals surface area (Å²) in [5, 5.41) is 3.07. The van der Waals surface area contributed by atoms with Crippen molar-refractivity contribution < 1.29 is 9.47 Å². The third kappa shape index (κ3) is 4.17. The number of ether oxygens (including phenoxy) is 2. The smallest absolute Gasteiger partial charge is 0.180 e. The number of hydrogen-bond acceptors (Lipinski definition) is 7. The third-order valence-corrected chi connectivity index (χ3v) is 8.95. The van der Waals surface area contributed by atoms with Crippen LogP contribution in [-0.4, -0.2) is 53.7 Å². The molecule has 2 aromatic carbocycles. The highest BCUT2D eigenvalue weighted by molar-refractivity contribution is 7.15. The van der Waals surface area contributed by atoms with Crippen LogP contribution in [0.15, 0.2) is 52.6 Å². The summed E-state index contributed by atoms with van der Waals surface area (Å²) in [5.74, 6) is 1.84. The molecule has 0 bridgehead atoms. The Balaban J connectivity index is 1.24. The number of nitrogen functional groups attached to an aromatic ring is 1. The Kier molecular flexibility index (Phi) is 5.88. The number of methoxy groups -OCH3 is 2. The third-order valence-electron chi connectivity index (χ3n) is 7.96. The summed E-state index contributed by atoms with van der Waals surface area (Å²) in [7, 11) is 3.40. The molecular formula is C30H30N6O2S. The number of aliphatic imine (C=N–C) groups is 2. The number of nitrogens with two attached hydrogens (primary N) is 1. The molecule has 7 rings (SSSR count). The maximum Gasteiger partial charge on any atom is 0.180 e. The topological polar surface area (TPSA) is 114 Å². The number of aromatic nitrogens is 3. The van der Waals surface area contributed by atoms with Crippen LogP contribution in [-0.2, 0) is 12.8 Å². The number of nitrogens with zero attached hydrogens (tertiary/aromatic N) is 3. The summed E-state index contributed by atoms with van der Waals surface area (Å²) in [5.41, 5.74) is 15.4. The summed E-state index contributed by atoms with van der Waals surface area (Å²) in [6, 6.07) is 12.5. The van der Waals surface area contributed by atoms with Crippen molar-refractivity contribution in [3.8, 4) is 11.5 Å². The molecular weight excluding hydrogens is 508 g/mol. The maximum absolute atomic E-state index is 6.10. The van der Waals surface area contributed by atoms with E-state index in [2.05, 4.69) is 39.2 Å². The van der Waals surface area contributed by atoms with E-state index in [0.29, 0.717) is 5.13 Å². The summed E-state index contributed by atoms with van der Waals surface area (Å²) < 4.78 is 10.9. The van der Waals surface area contributed by atoms with Crippen LogP contribution in [0, 0.1) is 0 Å². The van der Waals surface area contributed by atoms with Gasteiger partial charge in [-0.05, 0) is 61.1 Å². The van der Waals surface area contributed by atoms with Gasteiger partial charge in [0.25, 0.3) is 0 Å². The second kappa shape index (κ2) is 9.57. The van der Waals surface area contributed by atoms with E-state index < -0.39 is 0 Å². The van der Waals surface area contributed by atoms with Gasteiger partial charge < -0.3 is 25.2 Å². The second-order valence-electron chi connectivity index (χ2n) is 10.1. The normalized spacial score (nSPS) is 14.8. The molecule has 0 fully saturated rings. The maximum atomic E-state index is 6.10. The monoisotopic (exact) mass is 538 g/mol. The molecule has 198 valence electrons. The lowest BCUT2D eigenvalue weighted by molar-refractivity contribution is 0.415. The van der Waals surface area contributed by atoms with Crippen LogP contribution in [0.1, 0.15) is 46.2 Å². The van der Waals surface area contributed by atoms with Crippen molar-refractivity contribution in [1.29, 1.82) is 0 Å². The molecule has 2 aliphatic heterocycles. The number of thiazole rings is 1. The van der Waals surface area contributed by atoms with Gasteiger partial charge in [-0.3, -0.25) is 9.98 Å². The Hall–Kier alpha value is -4.11. The first kappa shape index (κ1) is 24.0. The molecule has 4 N–H and O–H groups in total. The molecule has 5 heterocycles. The van der Waals surface area contributed by atoms with Crippen LogP contribution in [0.4, 0.5) is 5.13 Å². The predicted octanol–water partition coefficient (Wildman–Crippen LogP) is 5.66. The first-order valence-corrected chi connectivity index (χ1v) is 14.1. The van der Waals surface area contributed by atoms with Gasteiger partial charge in [0.15, 0.2) is 5.13 Å². The Labute approximate surface area is 230 Å². The van der Waals surface area contributed by atoms with Gasteiger partial charge in [0, 0.05) is 64.0 Å². The molecule has 0 saturated carbocycles. The van der Waals surface area contributed by atoms with Crippen molar-refractivity contribution in [3.05, 3.63) is 70.0 Å². The fraction of sp³-hybridized carbons (Fsp3) is 0.300. The zero-order valence-corrected chi connectivity index (χ0v) is 22.8. The van der Waals surface area contributed by atoms with Gasteiger partial charge >= 0.3 is 0 Å². The number of hydrogen-bond donors (Lipinski definition) is 3. The van der Waals surface area contributed by atoms with E-state index >= 15 is 0 Å². The highest BCUT2D eigenvalue weighted by atomic mass is 32.1. The molecule has 3 aromatic heterocycles. The molecule has 5 aromatic rings. The van der Waals surface area contributed by atoms with E-state index in [1.54, 1.807) is 25.6 Å². The SMILES string of the molecule is COc1ccc2c3c([nH]c2c1)C(CC(CC1=NCCc2c1[nH]c1cc(OC)ccc21)c1cnc(N)s1)=NCC3. The zero-order valence-electron chi connectivity index (χ0n) is 22.0. The van der Waals surface area contributed by atoms with Crippen molar-refractivity contribution >= 4 is 49.7 Å². The molecule has 0 atom stereocenters. The van der Waals surface area contributed by atoms with Gasteiger partial charge in [0.2, 0.25) is 0 Å². The summed E-state index contributed by atoms with van der Waals surface area (Å²) in [6.07, 6.45) is 5.34. The van der Waals surface area contributed by atoms with Crippen LogP contribution < -0.4 is 15.2 Å². The number of benzene rings is 2. The molecule has 2 aliphatic rings. The van der Waals surface area contributed by atoms with E-state index in [1.807, 2.05) is 18.3 Å². The summed E-state index contributed by atoms with van der Waals surface area (Å²) in [4.78, 5) is 22.9. The van der Waals surface area contributed by atoms with Gasteiger partial charge in [-0.25, -0.2) is 4.98 Å². The molecule has 8 nitrogen and oxygen atoms in total. The Morgan fingerprint density at radius 2 is 1.38 bits per heavy atom. The minimum atomic E-state index is 0.149. The Morgan fingerprint density at radius 1 is 0.846 bits per heavy atom. The lowest BCUT2D eigenvalue weighted by atomic mass is 9.88. The Morgan fingerprint density at radius 3 is 1.85 bits per heavy atom.